The Kier molecular flexibility index (Phi) is 6.73. The fourth-order valence-corrected chi connectivity index (χ4v) is 3.50. The summed E-state index contributed by atoms with van der Waals surface area (Å²) in [5, 5.41) is 12.7. The van der Waals surface area contributed by atoms with Gasteiger partial charge in [0.15, 0.2) is 5.75 Å². The summed E-state index contributed by atoms with van der Waals surface area (Å²) in [5.74, 6) is -3.00. The summed E-state index contributed by atoms with van der Waals surface area (Å²) in [6.07, 6.45) is -0.0774. The molecule has 0 radical (unpaired) electrons. The minimum absolute atomic E-state index is 0.000533. The van der Waals surface area contributed by atoms with E-state index < -0.39 is 34.1 Å². The zero-order valence-electron chi connectivity index (χ0n) is 17.5. The largest absolute Gasteiger partial charge is 0.422 e. The van der Waals surface area contributed by atoms with E-state index in [1.54, 1.807) is 26.0 Å². The Bertz CT molecular complexity index is 1260. The Labute approximate surface area is 191 Å². The molecule has 1 N–H and O–H groups in total. The number of aromatic amines is 1. The Morgan fingerprint density at radius 1 is 1.06 bits per heavy atom. The van der Waals surface area contributed by atoms with Crippen LogP contribution in [0.4, 0.5) is 5.69 Å². The summed E-state index contributed by atoms with van der Waals surface area (Å²) in [6.45, 7) is 4.77. The van der Waals surface area contributed by atoms with Crippen molar-refractivity contribution in [1.82, 2.24) is 4.98 Å². The predicted octanol–water partition coefficient (Wildman–Crippen LogP) is 5.01. The van der Waals surface area contributed by atoms with E-state index in [2.05, 4.69) is 20.9 Å². The van der Waals surface area contributed by atoms with Crippen LogP contribution in [0.25, 0.3) is 10.9 Å². The van der Waals surface area contributed by atoms with Gasteiger partial charge in [-0.1, -0.05) is 29.8 Å². The Morgan fingerprint density at radius 2 is 1.72 bits per heavy atom. The lowest BCUT2D eigenvalue weighted by atomic mass is 10.0. The number of aryl methyl sites for hydroxylation is 1. The molecule has 0 aliphatic carbocycles. The van der Waals surface area contributed by atoms with Crippen LogP contribution in [0.2, 0.25) is 0 Å². The molecule has 32 heavy (non-hydrogen) atoms. The Balaban J connectivity index is 2.21. The number of ether oxygens (including phenoxy) is 2. The van der Waals surface area contributed by atoms with Gasteiger partial charge >= 0.3 is 17.6 Å². The first kappa shape index (κ1) is 23.1. The first-order valence-corrected chi connectivity index (χ1v) is 10.5. The SMILES string of the molecule is CCC(=O)Oc1ccc(C(=O)c2[nH]c3ccc(Br)cc3c2C)c([N+](=O)[O-])c1OC(=O)CC. The second kappa shape index (κ2) is 9.31. The highest BCUT2D eigenvalue weighted by atomic mass is 79.9. The number of nitrogens with zero attached hydrogens (tertiary/aromatic N) is 1. The van der Waals surface area contributed by atoms with E-state index in [1.807, 2.05) is 6.07 Å². The molecule has 0 saturated carbocycles. The number of aromatic nitrogens is 1. The van der Waals surface area contributed by atoms with E-state index in [0.29, 0.717) is 11.1 Å². The maximum absolute atomic E-state index is 13.3. The van der Waals surface area contributed by atoms with Gasteiger partial charge in [-0.15, -0.1) is 0 Å². The molecule has 166 valence electrons. The summed E-state index contributed by atoms with van der Waals surface area (Å²) in [5.41, 5.74) is 0.389. The summed E-state index contributed by atoms with van der Waals surface area (Å²) >= 11 is 3.38. The first-order chi connectivity index (χ1) is 15.2. The normalized spacial score (nSPS) is 10.8. The van der Waals surface area contributed by atoms with Gasteiger partial charge < -0.3 is 14.5 Å². The monoisotopic (exact) mass is 502 g/mol. The highest BCUT2D eigenvalue weighted by molar-refractivity contribution is 9.10. The number of esters is 2. The summed E-state index contributed by atoms with van der Waals surface area (Å²) in [7, 11) is 0. The number of rotatable bonds is 7. The number of carbonyl (C=O) groups excluding carboxylic acids is 3. The molecular formula is C22H19BrN2O7. The number of H-pyrrole nitrogens is 1. The Hall–Kier alpha value is -3.53. The van der Waals surface area contributed by atoms with Crippen LogP contribution in [0.3, 0.4) is 0 Å². The van der Waals surface area contributed by atoms with E-state index in [9.17, 15) is 24.5 Å². The topological polar surface area (TPSA) is 129 Å². The van der Waals surface area contributed by atoms with E-state index >= 15 is 0 Å². The van der Waals surface area contributed by atoms with Gasteiger partial charge in [0.05, 0.1) is 10.6 Å². The van der Waals surface area contributed by atoms with Gasteiger partial charge in [-0.3, -0.25) is 24.5 Å². The molecule has 0 amide bonds. The van der Waals surface area contributed by atoms with Gasteiger partial charge in [0.1, 0.15) is 5.56 Å². The van der Waals surface area contributed by atoms with Crippen molar-refractivity contribution in [2.45, 2.75) is 33.6 Å². The van der Waals surface area contributed by atoms with Crippen LogP contribution in [0.1, 0.15) is 48.3 Å². The van der Waals surface area contributed by atoms with E-state index in [0.717, 1.165) is 9.86 Å². The number of halogens is 1. The number of nitro groups is 1. The van der Waals surface area contributed by atoms with Crippen molar-refractivity contribution < 1.29 is 28.8 Å². The fraction of sp³-hybridized carbons (Fsp3) is 0.227. The maximum Gasteiger partial charge on any atom is 0.326 e. The second-order valence-electron chi connectivity index (χ2n) is 6.85. The third-order valence-electron chi connectivity index (χ3n) is 4.79. The Morgan fingerprint density at radius 3 is 2.34 bits per heavy atom. The van der Waals surface area contributed by atoms with Gasteiger partial charge in [-0.25, -0.2) is 0 Å². The number of benzene rings is 2. The molecule has 10 heteroatoms. The molecule has 3 aromatic rings. The predicted molar refractivity (Wildman–Crippen MR) is 119 cm³/mol. The van der Waals surface area contributed by atoms with E-state index in [1.165, 1.54) is 19.1 Å². The van der Waals surface area contributed by atoms with Crippen LogP contribution in [0, 0.1) is 17.0 Å². The van der Waals surface area contributed by atoms with Crippen molar-refractivity contribution >= 4 is 50.2 Å². The zero-order chi connectivity index (χ0) is 23.6. The molecule has 0 bridgehead atoms. The highest BCUT2D eigenvalue weighted by Gasteiger charge is 2.33. The standard InChI is InChI=1S/C22H19BrN2O7/c1-4-17(26)31-16-9-7-13(20(25(29)30)22(16)32-18(27)5-2)21(28)19-11(3)14-10-12(23)6-8-15(14)24-19/h6-10,24H,4-5H2,1-3H3. The van der Waals surface area contributed by atoms with Gasteiger partial charge in [0.2, 0.25) is 5.78 Å². The third-order valence-corrected chi connectivity index (χ3v) is 5.28. The molecule has 0 aliphatic rings. The minimum atomic E-state index is -0.830. The number of hydrogen-bond donors (Lipinski definition) is 1. The minimum Gasteiger partial charge on any atom is -0.422 e. The summed E-state index contributed by atoms with van der Waals surface area (Å²) < 4.78 is 11.1. The van der Waals surface area contributed by atoms with Crippen LogP contribution in [-0.2, 0) is 9.59 Å². The fourth-order valence-electron chi connectivity index (χ4n) is 3.14. The number of nitrogens with one attached hydrogen (secondary N) is 1. The molecule has 0 aliphatic heterocycles. The van der Waals surface area contributed by atoms with Crippen molar-refractivity contribution in [1.29, 1.82) is 0 Å². The van der Waals surface area contributed by atoms with E-state index in [4.69, 9.17) is 9.47 Å². The number of hydrogen-bond acceptors (Lipinski definition) is 7. The molecule has 1 heterocycles. The lowest BCUT2D eigenvalue weighted by molar-refractivity contribution is -0.386. The molecule has 2 aromatic carbocycles. The number of fused-ring (bicyclic) bond motifs is 1. The quantitative estimate of drug-likeness (QED) is 0.158. The van der Waals surface area contributed by atoms with Gasteiger partial charge in [-0.05, 0) is 42.8 Å². The molecule has 1 aromatic heterocycles. The van der Waals surface area contributed by atoms with Crippen molar-refractivity contribution in [2.75, 3.05) is 0 Å². The maximum atomic E-state index is 13.3. The molecule has 0 spiro atoms. The molecule has 0 atom stereocenters. The molecule has 0 unspecified atom stereocenters. The molecule has 0 fully saturated rings. The number of nitro benzene ring substituents is 1. The van der Waals surface area contributed by atoms with Crippen LogP contribution in [0.15, 0.2) is 34.8 Å². The second-order valence-corrected chi connectivity index (χ2v) is 7.76. The smallest absolute Gasteiger partial charge is 0.326 e. The van der Waals surface area contributed by atoms with Crippen molar-refractivity contribution in [2.24, 2.45) is 0 Å². The summed E-state index contributed by atoms with van der Waals surface area (Å²) in [4.78, 5) is 51.2. The van der Waals surface area contributed by atoms with Crippen molar-refractivity contribution in [3.05, 3.63) is 61.7 Å². The van der Waals surface area contributed by atoms with Crippen LogP contribution in [0.5, 0.6) is 11.5 Å². The van der Waals surface area contributed by atoms with Crippen LogP contribution < -0.4 is 9.47 Å². The van der Waals surface area contributed by atoms with Crippen LogP contribution in [-0.4, -0.2) is 27.6 Å². The number of ketones is 1. The van der Waals surface area contributed by atoms with Gasteiger partial charge in [0, 0.05) is 28.2 Å². The number of carbonyl (C=O) groups is 3. The lowest BCUT2D eigenvalue weighted by Crippen LogP contribution is -2.14. The van der Waals surface area contributed by atoms with E-state index in [-0.39, 0.29) is 29.8 Å². The highest BCUT2D eigenvalue weighted by Crippen LogP contribution is 2.41. The zero-order valence-corrected chi connectivity index (χ0v) is 19.1. The van der Waals surface area contributed by atoms with Gasteiger partial charge in [0.25, 0.3) is 5.75 Å². The van der Waals surface area contributed by atoms with Crippen molar-refractivity contribution in [3.63, 3.8) is 0 Å². The average molecular weight is 503 g/mol. The van der Waals surface area contributed by atoms with Crippen LogP contribution >= 0.6 is 15.9 Å². The van der Waals surface area contributed by atoms with Crippen molar-refractivity contribution in [3.8, 4) is 11.5 Å². The molecule has 0 saturated heterocycles. The van der Waals surface area contributed by atoms with Gasteiger partial charge in [-0.2, -0.15) is 0 Å². The molecule has 9 nitrogen and oxygen atoms in total. The first-order valence-electron chi connectivity index (χ1n) is 9.73. The third kappa shape index (κ3) is 4.40. The average Bonchev–Trinajstić information content (AvgIpc) is 3.09. The summed E-state index contributed by atoms with van der Waals surface area (Å²) in [6, 6.07) is 7.80. The molecule has 3 rings (SSSR count). The lowest BCUT2D eigenvalue weighted by Gasteiger charge is -2.12. The molecular weight excluding hydrogens is 484 g/mol.